The summed E-state index contributed by atoms with van der Waals surface area (Å²) in [5.41, 5.74) is 0. The van der Waals surface area contributed by atoms with E-state index < -0.39 is 18.7 Å². The molecule has 78 valence electrons. The smallest absolute Gasteiger partial charge is 0.260 e. The van der Waals surface area contributed by atoms with Gasteiger partial charge in [0, 0.05) is 13.0 Å². The summed E-state index contributed by atoms with van der Waals surface area (Å²) < 4.78 is 37.5. The third-order valence-electron chi connectivity index (χ3n) is 2.12. The Hall–Kier alpha value is -0.290. The van der Waals surface area contributed by atoms with Crippen LogP contribution < -0.4 is 0 Å². The molecule has 1 fully saturated rings. The summed E-state index contributed by atoms with van der Waals surface area (Å²) >= 11 is 0. The zero-order valence-corrected chi connectivity index (χ0v) is 7.35. The maximum absolute atomic E-state index is 12.8. The van der Waals surface area contributed by atoms with Crippen LogP contribution in [-0.2, 0) is 0 Å². The zero-order chi connectivity index (χ0) is 9.90. The molecule has 0 aromatic carbocycles. The Bertz CT molecular complexity index is 165. The average molecular weight is 197 g/mol. The van der Waals surface area contributed by atoms with Crippen molar-refractivity contribution < 1.29 is 18.3 Å². The van der Waals surface area contributed by atoms with E-state index in [2.05, 4.69) is 0 Å². The number of hydrogen-bond donors (Lipinski definition) is 1. The Morgan fingerprint density at radius 2 is 2.15 bits per heavy atom. The molecule has 1 unspecified atom stereocenters. The first-order valence-electron chi connectivity index (χ1n) is 4.38. The Labute approximate surface area is 75.3 Å². The summed E-state index contributed by atoms with van der Waals surface area (Å²) in [5, 5.41) is 8.92. The standard InChI is InChI=1S/C8H14F3NO/c9-4-7(13)5-12-3-1-2-8(10,11)6-12/h7,13H,1-6H2. The predicted molar refractivity (Wildman–Crippen MR) is 42.6 cm³/mol. The molecule has 1 aliphatic heterocycles. The van der Waals surface area contributed by atoms with Crippen LogP contribution >= 0.6 is 0 Å². The van der Waals surface area contributed by atoms with E-state index in [1.54, 1.807) is 0 Å². The van der Waals surface area contributed by atoms with Crippen molar-refractivity contribution in [3.05, 3.63) is 0 Å². The van der Waals surface area contributed by atoms with Crippen molar-refractivity contribution in [2.45, 2.75) is 24.9 Å². The van der Waals surface area contributed by atoms with Gasteiger partial charge in [0.25, 0.3) is 5.92 Å². The minimum atomic E-state index is -2.67. The van der Waals surface area contributed by atoms with Gasteiger partial charge in [-0.05, 0) is 13.0 Å². The van der Waals surface area contributed by atoms with E-state index >= 15 is 0 Å². The molecule has 5 heteroatoms. The van der Waals surface area contributed by atoms with E-state index in [0.29, 0.717) is 13.0 Å². The van der Waals surface area contributed by atoms with Gasteiger partial charge in [-0.15, -0.1) is 0 Å². The van der Waals surface area contributed by atoms with Crippen LogP contribution in [0.5, 0.6) is 0 Å². The molecular formula is C8H14F3NO. The summed E-state index contributed by atoms with van der Waals surface area (Å²) in [6.45, 7) is -0.704. The number of β-amino-alcohol motifs (C(OH)–C–C–N with tert-alkyl or cyclic N) is 1. The molecule has 1 aliphatic rings. The van der Waals surface area contributed by atoms with E-state index in [4.69, 9.17) is 5.11 Å². The van der Waals surface area contributed by atoms with Crippen molar-refractivity contribution in [1.82, 2.24) is 4.90 Å². The van der Waals surface area contributed by atoms with Crippen LogP contribution in [0, 0.1) is 0 Å². The maximum Gasteiger partial charge on any atom is 0.260 e. The predicted octanol–water partition coefficient (Wildman–Crippen LogP) is 1.05. The van der Waals surface area contributed by atoms with E-state index in [1.807, 2.05) is 0 Å². The molecule has 1 heterocycles. The lowest BCUT2D eigenvalue weighted by atomic mass is 10.1. The summed E-state index contributed by atoms with van der Waals surface area (Å²) in [5.74, 6) is -2.67. The maximum atomic E-state index is 12.8. The molecule has 0 aromatic rings. The van der Waals surface area contributed by atoms with Crippen LogP contribution in [0.25, 0.3) is 0 Å². The molecule has 0 aliphatic carbocycles. The number of hydrogen-bond acceptors (Lipinski definition) is 2. The first-order chi connectivity index (χ1) is 6.03. The summed E-state index contributed by atoms with van der Waals surface area (Å²) in [4.78, 5) is 1.41. The van der Waals surface area contributed by atoms with Crippen LogP contribution in [0.3, 0.4) is 0 Å². The number of aliphatic hydroxyl groups excluding tert-OH is 1. The molecular weight excluding hydrogens is 183 g/mol. The van der Waals surface area contributed by atoms with Gasteiger partial charge in [-0.3, -0.25) is 4.90 Å². The summed E-state index contributed by atoms with van der Waals surface area (Å²) in [7, 11) is 0. The number of likely N-dealkylation sites (tertiary alicyclic amines) is 1. The van der Waals surface area contributed by atoms with Gasteiger partial charge in [0.1, 0.15) is 6.67 Å². The average Bonchev–Trinajstić information content (AvgIpc) is 2.02. The number of halogens is 3. The molecule has 0 radical (unpaired) electrons. The third kappa shape index (κ3) is 3.52. The second kappa shape index (κ2) is 4.28. The normalized spacial score (nSPS) is 25.8. The molecule has 0 saturated carbocycles. The monoisotopic (exact) mass is 197 g/mol. The fraction of sp³-hybridized carbons (Fsp3) is 1.00. The highest BCUT2D eigenvalue weighted by atomic mass is 19.3. The summed E-state index contributed by atoms with van der Waals surface area (Å²) in [6, 6.07) is 0. The first-order valence-corrected chi connectivity index (χ1v) is 4.38. The minimum absolute atomic E-state index is 0.00604. The van der Waals surface area contributed by atoms with E-state index in [1.165, 1.54) is 4.90 Å². The molecule has 1 saturated heterocycles. The number of piperidine rings is 1. The lowest BCUT2D eigenvalue weighted by molar-refractivity contribution is -0.0726. The van der Waals surface area contributed by atoms with Gasteiger partial charge >= 0.3 is 0 Å². The Morgan fingerprint density at radius 3 is 2.69 bits per heavy atom. The topological polar surface area (TPSA) is 23.5 Å². The third-order valence-corrected chi connectivity index (χ3v) is 2.12. The zero-order valence-electron chi connectivity index (χ0n) is 7.35. The quantitative estimate of drug-likeness (QED) is 0.731. The molecule has 0 spiro atoms. The Balaban J connectivity index is 2.34. The van der Waals surface area contributed by atoms with E-state index in [0.717, 1.165) is 0 Å². The highest BCUT2D eigenvalue weighted by Gasteiger charge is 2.35. The van der Waals surface area contributed by atoms with Crippen LogP contribution in [0.4, 0.5) is 13.2 Å². The van der Waals surface area contributed by atoms with Crippen LogP contribution in [0.1, 0.15) is 12.8 Å². The van der Waals surface area contributed by atoms with Crippen LogP contribution in [-0.4, -0.2) is 48.3 Å². The number of aliphatic hydroxyl groups is 1. The van der Waals surface area contributed by atoms with Crippen molar-refractivity contribution in [1.29, 1.82) is 0 Å². The van der Waals surface area contributed by atoms with Gasteiger partial charge in [-0.2, -0.15) is 0 Å². The van der Waals surface area contributed by atoms with Gasteiger partial charge in [-0.25, -0.2) is 13.2 Å². The van der Waals surface area contributed by atoms with E-state index in [9.17, 15) is 13.2 Å². The second-order valence-electron chi connectivity index (χ2n) is 3.50. The molecule has 1 atom stereocenters. The highest BCUT2D eigenvalue weighted by Crippen LogP contribution is 2.26. The fourth-order valence-corrected chi connectivity index (χ4v) is 1.55. The van der Waals surface area contributed by atoms with Crippen molar-refractivity contribution >= 4 is 0 Å². The van der Waals surface area contributed by atoms with Crippen LogP contribution in [0.15, 0.2) is 0 Å². The largest absolute Gasteiger partial charge is 0.389 e. The van der Waals surface area contributed by atoms with Gasteiger partial charge in [0.05, 0.1) is 12.6 Å². The SMILES string of the molecule is OC(CF)CN1CCCC(F)(F)C1. The lowest BCUT2D eigenvalue weighted by Gasteiger charge is -2.33. The Kier molecular flexibility index (Phi) is 3.55. The molecule has 1 rings (SSSR count). The second-order valence-corrected chi connectivity index (χ2v) is 3.50. The molecule has 2 nitrogen and oxygen atoms in total. The van der Waals surface area contributed by atoms with Crippen molar-refractivity contribution in [3.8, 4) is 0 Å². The van der Waals surface area contributed by atoms with Crippen LogP contribution in [0.2, 0.25) is 0 Å². The molecule has 0 aromatic heterocycles. The van der Waals surface area contributed by atoms with Gasteiger partial charge in [-0.1, -0.05) is 0 Å². The fourth-order valence-electron chi connectivity index (χ4n) is 1.55. The van der Waals surface area contributed by atoms with Crippen molar-refractivity contribution in [2.75, 3.05) is 26.3 Å². The number of alkyl halides is 3. The van der Waals surface area contributed by atoms with Crippen molar-refractivity contribution in [3.63, 3.8) is 0 Å². The molecule has 0 amide bonds. The highest BCUT2D eigenvalue weighted by molar-refractivity contribution is 4.79. The minimum Gasteiger partial charge on any atom is -0.389 e. The Morgan fingerprint density at radius 1 is 1.46 bits per heavy atom. The number of rotatable bonds is 3. The first kappa shape index (κ1) is 10.8. The molecule has 0 bridgehead atoms. The molecule has 13 heavy (non-hydrogen) atoms. The number of nitrogens with zero attached hydrogens (tertiary/aromatic N) is 1. The molecule has 1 N–H and O–H groups in total. The van der Waals surface area contributed by atoms with Gasteiger partial charge in [0.2, 0.25) is 0 Å². The van der Waals surface area contributed by atoms with Gasteiger partial charge in [0.15, 0.2) is 0 Å². The van der Waals surface area contributed by atoms with Gasteiger partial charge < -0.3 is 5.11 Å². The summed E-state index contributed by atoms with van der Waals surface area (Å²) in [6.07, 6.45) is -0.824. The van der Waals surface area contributed by atoms with Crippen molar-refractivity contribution in [2.24, 2.45) is 0 Å². The lowest BCUT2D eigenvalue weighted by Crippen LogP contribution is -2.45. The van der Waals surface area contributed by atoms with E-state index in [-0.39, 0.29) is 19.5 Å².